The third-order valence-electron chi connectivity index (χ3n) is 5.30. The van der Waals surface area contributed by atoms with E-state index in [1.165, 1.54) is 46.4 Å². The van der Waals surface area contributed by atoms with Crippen LogP contribution in [0.3, 0.4) is 0 Å². The highest BCUT2D eigenvalue weighted by atomic mass is 32.2. The minimum absolute atomic E-state index is 0.161. The molecule has 0 unspecified atom stereocenters. The smallest absolute Gasteiger partial charge is 0.341 e. The van der Waals surface area contributed by atoms with Crippen LogP contribution in [-0.4, -0.2) is 34.2 Å². The molecular weight excluding hydrogens is 462 g/mol. The zero-order valence-electron chi connectivity index (χ0n) is 18.7. The number of esters is 1. The van der Waals surface area contributed by atoms with Gasteiger partial charge < -0.3 is 10.1 Å². The van der Waals surface area contributed by atoms with Gasteiger partial charge in [0.25, 0.3) is 0 Å². The number of carbonyl (C=O) groups is 2. The highest BCUT2D eigenvalue weighted by molar-refractivity contribution is 8.00. The van der Waals surface area contributed by atoms with Crippen molar-refractivity contribution >= 4 is 61.5 Å². The molecule has 3 aromatic heterocycles. The van der Waals surface area contributed by atoms with Crippen molar-refractivity contribution in [1.29, 1.82) is 0 Å². The second-order valence-electron chi connectivity index (χ2n) is 8.07. The van der Waals surface area contributed by atoms with Gasteiger partial charge in [0.1, 0.15) is 20.7 Å². The van der Waals surface area contributed by atoms with Gasteiger partial charge in [-0.15, -0.1) is 22.7 Å². The lowest BCUT2D eigenvalue weighted by atomic mass is 9.97. The largest absolute Gasteiger partial charge is 0.462 e. The number of fused-ring (bicyclic) bond motifs is 3. The Labute approximate surface area is 200 Å². The average molecular weight is 490 g/mol. The second-order valence-corrected chi connectivity index (χ2v) is 11.2. The average Bonchev–Trinajstić information content (AvgIpc) is 3.33. The van der Waals surface area contributed by atoms with E-state index in [1.54, 1.807) is 18.3 Å². The molecule has 9 heteroatoms. The Morgan fingerprint density at radius 1 is 1.22 bits per heavy atom. The Morgan fingerprint density at radius 3 is 2.75 bits per heavy atom. The molecule has 0 fully saturated rings. The molecule has 170 valence electrons. The molecular formula is C23H27N3O3S3. The van der Waals surface area contributed by atoms with Crippen molar-refractivity contribution in [2.24, 2.45) is 0 Å². The molecule has 3 aromatic rings. The Kier molecular flexibility index (Phi) is 7.17. The first kappa shape index (κ1) is 23.2. The molecule has 0 spiro atoms. The number of amides is 1. The van der Waals surface area contributed by atoms with Crippen molar-refractivity contribution in [3.63, 3.8) is 0 Å². The predicted molar refractivity (Wildman–Crippen MR) is 133 cm³/mol. The number of rotatable bonds is 7. The van der Waals surface area contributed by atoms with E-state index in [2.05, 4.69) is 29.1 Å². The summed E-state index contributed by atoms with van der Waals surface area (Å²) in [6.45, 7) is 8.09. The lowest BCUT2D eigenvalue weighted by Gasteiger charge is -2.12. The van der Waals surface area contributed by atoms with Crippen molar-refractivity contribution in [1.82, 2.24) is 9.97 Å². The monoisotopic (exact) mass is 489 g/mol. The number of hydrogen-bond acceptors (Lipinski definition) is 8. The van der Waals surface area contributed by atoms with Crippen LogP contribution < -0.4 is 5.32 Å². The summed E-state index contributed by atoms with van der Waals surface area (Å²) in [7, 11) is 0. The molecule has 0 radical (unpaired) electrons. The van der Waals surface area contributed by atoms with Gasteiger partial charge in [0.2, 0.25) is 5.91 Å². The summed E-state index contributed by atoms with van der Waals surface area (Å²) in [6.07, 6.45) is 4.56. The zero-order chi connectivity index (χ0) is 22.8. The van der Waals surface area contributed by atoms with Crippen LogP contribution >= 0.6 is 34.4 Å². The van der Waals surface area contributed by atoms with Gasteiger partial charge in [-0.3, -0.25) is 4.79 Å². The van der Waals surface area contributed by atoms with Gasteiger partial charge in [0.15, 0.2) is 0 Å². The number of nitrogens with one attached hydrogen (secondary N) is 1. The maximum absolute atomic E-state index is 12.8. The van der Waals surface area contributed by atoms with E-state index >= 15 is 0 Å². The lowest BCUT2D eigenvalue weighted by molar-refractivity contribution is -0.113. The fourth-order valence-corrected chi connectivity index (χ4v) is 7.11. The minimum atomic E-state index is -0.406. The maximum atomic E-state index is 12.8. The Morgan fingerprint density at radius 2 is 2.00 bits per heavy atom. The van der Waals surface area contributed by atoms with Gasteiger partial charge in [0.05, 0.1) is 17.9 Å². The van der Waals surface area contributed by atoms with Crippen molar-refractivity contribution in [3.8, 4) is 0 Å². The molecule has 4 rings (SSSR count). The van der Waals surface area contributed by atoms with Crippen molar-refractivity contribution in [2.45, 2.75) is 64.3 Å². The number of anilines is 1. The molecule has 1 aliphatic carbocycles. The lowest BCUT2D eigenvalue weighted by Crippen LogP contribution is -2.16. The molecule has 0 saturated heterocycles. The molecule has 0 aromatic carbocycles. The van der Waals surface area contributed by atoms with E-state index in [1.807, 2.05) is 13.0 Å². The van der Waals surface area contributed by atoms with Crippen LogP contribution in [0.25, 0.3) is 10.2 Å². The SMILES string of the molecule is CCOC(=O)c1cc(C(C)C)sc1NC(=O)CSc1nc(C)nc2sc3c(c12)CCCC3. The number of thioether (sulfide) groups is 1. The van der Waals surface area contributed by atoms with Gasteiger partial charge in [-0.05, 0) is 57.1 Å². The topological polar surface area (TPSA) is 81.2 Å². The van der Waals surface area contributed by atoms with E-state index in [0.29, 0.717) is 17.2 Å². The summed E-state index contributed by atoms with van der Waals surface area (Å²) in [5.41, 5.74) is 1.79. The van der Waals surface area contributed by atoms with E-state index in [-0.39, 0.29) is 17.6 Å². The summed E-state index contributed by atoms with van der Waals surface area (Å²) in [6, 6.07) is 1.82. The zero-order valence-corrected chi connectivity index (χ0v) is 21.2. The maximum Gasteiger partial charge on any atom is 0.341 e. The van der Waals surface area contributed by atoms with Crippen molar-refractivity contribution in [2.75, 3.05) is 17.7 Å². The van der Waals surface area contributed by atoms with Crippen LogP contribution in [0, 0.1) is 6.92 Å². The number of carbonyl (C=O) groups excluding carboxylic acids is 2. The van der Waals surface area contributed by atoms with Gasteiger partial charge >= 0.3 is 5.97 Å². The number of aromatic nitrogens is 2. The summed E-state index contributed by atoms with van der Waals surface area (Å²) in [5.74, 6) is 0.634. The highest BCUT2D eigenvalue weighted by Gasteiger charge is 2.23. The summed E-state index contributed by atoms with van der Waals surface area (Å²) < 4.78 is 5.17. The van der Waals surface area contributed by atoms with Crippen molar-refractivity contribution < 1.29 is 14.3 Å². The fraction of sp³-hybridized carbons (Fsp3) is 0.478. The quantitative estimate of drug-likeness (QED) is 0.250. The molecule has 0 atom stereocenters. The first-order valence-electron chi connectivity index (χ1n) is 10.9. The molecule has 1 aliphatic rings. The Balaban J connectivity index is 1.53. The first-order chi connectivity index (χ1) is 15.4. The summed E-state index contributed by atoms with van der Waals surface area (Å²) in [5, 5.41) is 5.48. The van der Waals surface area contributed by atoms with Gasteiger partial charge in [-0.1, -0.05) is 25.6 Å². The van der Waals surface area contributed by atoms with Crippen LogP contribution in [0.1, 0.15) is 71.0 Å². The number of nitrogens with zero attached hydrogens (tertiary/aromatic N) is 2. The van der Waals surface area contributed by atoms with Crippen LogP contribution in [0.15, 0.2) is 11.1 Å². The van der Waals surface area contributed by atoms with Crippen LogP contribution in [-0.2, 0) is 22.4 Å². The molecule has 1 N–H and O–H groups in total. The van der Waals surface area contributed by atoms with Crippen LogP contribution in [0.5, 0.6) is 0 Å². The summed E-state index contributed by atoms with van der Waals surface area (Å²) in [4.78, 5) is 38.0. The van der Waals surface area contributed by atoms with Gasteiger partial charge in [-0.2, -0.15) is 0 Å². The second kappa shape index (κ2) is 9.89. The van der Waals surface area contributed by atoms with Gasteiger partial charge in [-0.25, -0.2) is 14.8 Å². The van der Waals surface area contributed by atoms with Crippen LogP contribution in [0.2, 0.25) is 0 Å². The highest BCUT2D eigenvalue weighted by Crippen LogP contribution is 2.40. The van der Waals surface area contributed by atoms with E-state index in [0.717, 1.165) is 38.8 Å². The Hall–Kier alpha value is -1.97. The van der Waals surface area contributed by atoms with Crippen molar-refractivity contribution in [3.05, 3.63) is 32.8 Å². The van der Waals surface area contributed by atoms with E-state index < -0.39 is 5.97 Å². The van der Waals surface area contributed by atoms with E-state index in [4.69, 9.17) is 4.74 Å². The third kappa shape index (κ3) is 4.84. The number of hydrogen-bond donors (Lipinski definition) is 1. The van der Waals surface area contributed by atoms with E-state index in [9.17, 15) is 9.59 Å². The molecule has 32 heavy (non-hydrogen) atoms. The molecule has 3 heterocycles. The first-order valence-corrected chi connectivity index (χ1v) is 13.5. The standard InChI is InChI=1S/C23H27N3O3S3/c1-5-29-23(28)15-10-17(12(2)3)32-20(15)26-18(27)11-30-21-19-14-8-6-7-9-16(14)31-22(19)25-13(4)24-21/h10,12H,5-9,11H2,1-4H3,(H,26,27). The molecule has 1 amide bonds. The normalized spacial score (nSPS) is 13.4. The number of thiophene rings is 2. The number of ether oxygens (including phenoxy) is 1. The predicted octanol–water partition coefficient (Wildman–Crippen LogP) is 5.97. The minimum Gasteiger partial charge on any atom is -0.462 e. The Bertz CT molecular complexity index is 1170. The molecule has 0 aliphatic heterocycles. The molecule has 0 saturated carbocycles. The third-order valence-corrected chi connectivity index (χ3v) is 8.81. The molecule has 6 nitrogen and oxygen atoms in total. The fourth-order valence-electron chi connectivity index (χ4n) is 3.77. The van der Waals surface area contributed by atoms with Crippen LogP contribution in [0.4, 0.5) is 5.00 Å². The number of aryl methyl sites for hydroxylation is 3. The summed E-state index contributed by atoms with van der Waals surface area (Å²) >= 11 is 4.63. The van der Waals surface area contributed by atoms with Gasteiger partial charge in [0, 0.05) is 15.1 Å². The molecule has 0 bridgehead atoms.